The summed E-state index contributed by atoms with van der Waals surface area (Å²) in [7, 11) is 3.25. The largest absolute Gasteiger partial charge is 0.497 e. The summed E-state index contributed by atoms with van der Waals surface area (Å²) in [4.78, 5) is 12.5. The van der Waals surface area contributed by atoms with Gasteiger partial charge in [-0.3, -0.25) is 4.98 Å². The number of benzene rings is 1. The van der Waals surface area contributed by atoms with Crippen molar-refractivity contribution in [3.8, 4) is 17.4 Å². The van der Waals surface area contributed by atoms with Gasteiger partial charge >= 0.3 is 0 Å². The first-order valence-electron chi connectivity index (χ1n) is 8.57. The summed E-state index contributed by atoms with van der Waals surface area (Å²) in [6.45, 7) is 1.05. The Hall–Kier alpha value is -3.35. The molecule has 3 aromatic rings. The number of aromatic nitrogens is 3. The Balaban J connectivity index is 1.57. The number of nitrogens with one attached hydrogen (secondary N) is 1. The number of rotatable bonds is 9. The Bertz CT molecular complexity index is 859. The molecule has 0 radical (unpaired) electrons. The summed E-state index contributed by atoms with van der Waals surface area (Å²) in [5.74, 6) is 2.68. The van der Waals surface area contributed by atoms with E-state index in [1.54, 1.807) is 26.5 Å². The molecule has 0 aliphatic carbocycles. The minimum absolute atomic E-state index is 0.312. The van der Waals surface area contributed by atoms with Crippen molar-refractivity contribution in [1.82, 2.24) is 15.0 Å². The molecule has 1 aromatic carbocycles. The molecule has 0 fully saturated rings. The molecule has 27 heavy (non-hydrogen) atoms. The number of ether oxygens (including phenoxy) is 3. The van der Waals surface area contributed by atoms with Gasteiger partial charge in [0.25, 0.3) is 0 Å². The fourth-order valence-electron chi connectivity index (χ4n) is 2.54. The summed E-state index contributed by atoms with van der Waals surface area (Å²) in [6.07, 6.45) is 5.96. The van der Waals surface area contributed by atoms with E-state index in [1.165, 1.54) is 11.9 Å². The van der Waals surface area contributed by atoms with Gasteiger partial charge in [-0.05, 0) is 36.2 Å². The van der Waals surface area contributed by atoms with E-state index in [2.05, 4.69) is 20.3 Å². The first-order chi connectivity index (χ1) is 13.3. The average molecular weight is 366 g/mol. The third-order valence-corrected chi connectivity index (χ3v) is 3.95. The molecule has 2 aromatic heterocycles. The topological polar surface area (TPSA) is 78.4 Å². The molecule has 7 heteroatoms. The number of anilines is 1. The van der Waals surface area contributed by atoms with E-state index in [0.29, 0.717) is 18.3 Å². The van der Waals surface area contributed by atoms with Gasteiger partial charge in [0.1, 0.15) is 30.3 Å². The van der Waals surface area contributed by atoms with Crippen LogP contribution in [0.2, 0.25) is 0 Å². The Labute approximate surface area is 158 Å². The van der Waals surface area contributed by atoms with Gasteiger partial charge in [0.2, 0.25) is 5.88 Å². The highest BCUT2D eigenvalue weighted by atomic mass is 16.5. The fourth-order valence-corrected chi connectivity index (χ4v) is 2.54. The highest BCUT2D eigenvalue weighted by Crippen LogP contribution is 2.25. The van der Waals surface area contributed by atoms with Crippen molar-refractivity contribution in [3.63, 3.8) is 0 Å². The molecule has 0 unspecified atom stereocenters. The van der Waals surface area contributed by atoms with Gasteiger partial charge in [-0.25, -0.2) is 9.97 Å². The number of nitrogens with zero attached hydrogens (tertiary/aromatic N) is 3. The zero-order valence-electron chi connectivity index (χ0n) is 15.4. The van der Waals surface area contributed by atoms with Crippen molar-refractivity contribution >= 4 is 5.82 Å². The van der Waals surface area contributed by atoms with Crippen LogP contribution in [0.3, 0.4) is 0 Å². The van der Waals surface area contributed by atoms with Crippen LogP contribution < -0.4 is 19.5 Å². The molecular weight excluding hydrogens is 344 g/mol. The Morgan fingerprint density at radius 1 is 1.04 bits per heavy atom. The second-order valence-corrected chi connectivity index (χ2v) is 5.75. The molecular formula is C20H22N4O3. The van der Waals surface area contributed by atoms with E-state index in [1.807, 2.05) is 36.5 Å². The van der Waals surface area contributed by atoms with Crippen LogP contribution in [0, 0.1) is 0 Å². The van der Waals surface area contributed by atoms with Crippen molar-refractivity contribution in [2.75, 3.05) is 26.1 Å². The number of hydrogen-bond donors (Lipinski definition) is 1. The van der Waals surface area contributed by atoms with E-state index in [9.17, 15) is 0 Å². The molecule has 140 valence electrons. The van der Waals surface area contributed by atoms with Gasteiger partial charge in [0.15, 0.2) is 0 Å². The lowest BCUT2D eigenvalue weighted by Crippen LogP contribution is -2.07. The molecule has 0 aliphatic heterocycles. The second-order valence-electron chi connectivity index (χ2n) is 5.75. The Kier molecular flexibility index (Phi) is 6.40. The van der Waals surface area contributed by atoms with Crippen molar-refractivity contribution < 1.29 is 14.2 Å². The first-order valence-corrected chi connectivity index (χ1v) is 8.57. The molecule has 1 N–H and O–H groups in total. The average Bonchev–Trinajstić information content (AvgIpc) is 2.73. The maximum atomic E-state index is 5.80. The van der Waals surface area contributed by atoms with Crippen LogP contribution in [-0.2, 0) is 13.0 Å². The zero-order valence-corrected chi connectivity index (χ0v) is 15.4. The molecule has 2 heterocycles. The van der Waals surface area contributed by atoms with Crippen LogP contribution in [0.25, 0.3) is 0 Å². The van der Waals surface area contributed by atoms with Crippen LogP contribution >= 0.6 is 0 Å². The van der Waals surface area contributed by atoms with E-state index in [-0.39, 0.29) is 0 Å². The highest BCUT2D eigenvalue weighted by Gasteiger charge is 2.07. The SMILES string of the molecule is COc1ccc(OC)c(COc2cc(NCCc3cccnc3)ncn2)c1. The van der Waals surface area contributed by atoms with Crippen molar-refractivity contribution in [1.29, 1.82) is 0 Å². The number of pyridine rings is 1. The lowest BCUT2D eigenvalue weighted by molar-refractivity contribution is 0.284. The van der Waals surface area contributed by atoms with Gasteiger partial charge in [0.05, 0.1) is 14.2 Å². The van der Waals surface area contributed by atoms with Crippen LogP contribution in [0.1, 0.15) is 11.1 Å². The quantitative estimate of drug-likeness (QED) is 0.623. The second kappa shape index (κ2) is 9.38. The third kappa shape index (κ3) is 5.31. The van der Waals surface area contributed by atoms with E-state index >= 15 is 0 Å². The predicted octanol–water partition coefficient (Wildman–Crippen LogP) is 3.12. The molecule has 0 atom stereocenters. The van der Waals surface area contributed by atoms with Gasteiger partial charge in [-0.15, -0.1) is 0 Å². The lowest BCUT2D eigenvalue weighted by Gasteiger charge is -2.12. The van der Waals surface area contributed by atoms with Crippen molar-refractivity contribution in [2.45, 2.75) is 13.0 Å². The van der Waals surface area contributed by atoms with Gasteiger partial charge in [0, 0.05) is 30.6 Å². The molecule has 7 nitrogen and oxygen atoms in total. The molecule has 0 saturated heterocycles. The molecule has 0 saturated carbocycles. The molecule has 0 spiro atoms. The summed E-state index contributed by atoms with van der Waals surface area (Å²) >= 11 is 0. The van der Waals surface area contributed by atoms with Crippen molar-refractivity contribution in [2.24, 2.45) is 0 Å². The Morgan fingerprint density at radius 2 is 1.96 bits per heavy atom. The molecule has 0 aliphatic rings. The maximum absolute atomic E-state index is 5.80. The minimum Gasteiger partial charge on any atom is -0.497 e. The zero-order chi connectivity index (χ0) is 18.9. The summed E-state index contributed by atoms with van der Waals surface area (Å²) in [5.41, 5.74) is 2.04. The lowest BCUT2D eigenvalue weighted by atomic mass is 10.2. The monoisotopic (exact) mass is 366 g/mol. The van der Waals surface area contributed by atoms with Crippen LogP contribution in [-0.4, -0.2) is 35.7 Å². The van der Waals surface area contributed by atoms with Crippen LogP contribution in [0.15, 0.2) is 55.1 Å². The van der Waals surface area contributed by atoms with E-state index in [4.69, 9.17) is 14.2 Å². The smallest absolute Gasteiger partial charge is 0.218 e. The standard InChI is InChI=1S/C20H22N4O3/c1-25-17-5-6-18(26-2)16(10-17)13-27-20-11-19(23-14-24-20)22-9-7-15-4-3-8-21-12-15/h3-6,8,10-12,14H,7,9,13H2,1-2H3,(H,22,23,24). The van der Waals surface area contributed by atoms with E-state index < -0.39 is 0 Å². The minimum atomic E-state index is 0.312. The summed E-state index contributed by atoms with van der Waals surface area (Å²) < 4.78 is 16.4. The normalized spacial score (nSPS) is 10.3. The molecule has 3 rings (SSSR count). The number of methoxy groups -OCH3 is 2. The summed E-state index contributed by atoms with van der Waals surface area (Å²) in [5, 5.41) is 3.27. The first kappa shape index (κ1) is 18.4. The number of hydrogen-bond acceptors (Lipinski definition) is 7. The third-order valence-electron chi connectivity index (χ3n) is 3.95. The van der Waals surface area contributed by atoms with Crippen molar-refractivity contribution in [3.05, 3.63) is 66.2 Å². The summed E-state index contributed by atoms with van der Waals surface area (Å²) in [6, 6.07) is 11.3. The maximum Gasteiger partial charge on any atom is 0.218 e. The predicted molar refractivity (Wildman–Crippen MR) is 102 cm³/mol. The molecule has 0 amide bonds. The van der Waals surface area contributed by atoms with Crippen LogP contribution in [0.5, 0.6) is 17.4 Å². The van der Waals surface area contributed by atoms with Crippen LogP contribution in [0.4, 0.5) is 5.82 Å². The Morgan fingerprint density at radius 3 is 2.74 bits per heavy atom. The highest BCUT2D eigenvalue weighted by molar-refractivity contribution is 5.41. The van der Waals surface area contributed by atoms with Gasteiger partial charge in [-0.2, -0.15) is 0 Å². The fraction of sp³-hybridized carbons (Fsp3) is 0.250. The van der Waals surface area contributed by atoms with Gasteiger partial charge in [-0.1, -0.05) is 6.07 Å². The molecule has 0 bridgehead atoms. The van der Waals surface area contributed by atoms with Gasteiger partial charge < -0.3 is 19.5 Å². The van der Waals surface area contributed by atoms with E-state index in [0.717, 1.165) is 30.0 Å².